The standard InChI is InChI=1S/C15H21N3O2/c1-11-5-7-12(8-6-11)16-10-9-13-17-14(18-20-13)15(2,3)19-4/h5-8,16H,9-10H2,1-4H3. The lowest BCUT2D eigenvalue weighted by Gasteiger charge is -2.17. The first-order valence-electron chi connectivity index (χ1n) is 6.70. The monoisotopic (exact) mass is 275 g/mol. The van der Waals surface area contributed by atoms with Crippen LogP contribution in [-0.4, -0.2) is 23.8 Å². The number of benzene rings is 1. The van der Waals surface area contributed by atoms with Gasteiger partial charge in [0.25, 0.3) is 0 Å². The van der Waals surface area contributed by atoms with Gasteiger partial charge in [-0.1, -0.05) is 22.9 Å². The Morgan fingerprint density at radius 2 is 1.95 bits per heavy atom. The number of hydrogen-bond acceptors (Lipinski definition) is 5. The number of nitrogens with zero attached hydrogens (tertiary/aromatic N) is 2. The molecule has 1 aromatic carbocycles. The molecule has 0 aliphatic carbocycles. The first-order valence-corrected chi connectivity index (χ1v) is 6.70. The van der Waals surface area contributed by atoms with Gasteiger partial charge in [0.1, 0.15) is 5.60 Å². The van der Waals surface area contributed by atoms with Crippen LogP contribution in [0.5, 0.6) is 0 Å². The van der Waals surface area contributed by atoms with Gasteiger partial charge in [-0.3, -0.25) is 0 Å². The second-order valence-corrected chi connectivity index (χ2v) is 5.27. The third-order valence-corrected chi connectivity index (χ3v) is 3.24. The lowest BCUT2D eigenvalue weighted by Crippen LogP contribution is -2.21. The third-order valence-electron chi connectivity index (χ3n) is 3.24. The van der Waals surface area contributed by atoms with Crippen LogP contribution in [0.15, 0.2) is 28.8 Å². The van der Waals surface area contributed by atoms with Crippen LogP contribution in [0, 0.1) is 6.92 Å². The van der Waals surface area contributed by atoms with E-state index < -0.39 is 5.60 Å². The largest absolute Gasteiger partial charge is 0.385 e. The van der Waals surface area contributed by atoms with Crippen LogP contribution in [0.25, 0.3) is 0 Å². The molecule has 0 unspecified atom stereocenters. The van der Waals surface area contributed by atoms with Gasteiger partial charge in [-0.05, 0) is 32.9 Å². The van der Waals surface area contributed by atoms with Gasteiger partial charge in [0.2, 0.25) is 11.7 Å². The van der Waals surface area contributed by atoms with Gasteiger partial charge in [-0.2, -0.15) is 4.98 Å². The Bertz CT molecular complexity index is 547. The van der Waals surface area contributed by atoms with Crippen LogP contribution in [-0.2, 0) is 16.8 Å². The van der Waals surface area contributed by atoms with Crippen molar-refractivity contribution >= 4 is 5.69 Å². The molecule has 1 N–H and O–H groups in total. The number of aryl methyl sites for hydroxylation is 1. The van der Waals surface area contributed by atoms with Gasteiger partial charge in [-0.15, -0.1) is 0 Å². The van der Waals surface area contributed by atoms with Crippen molar-refractivity contribution in [3.63, 3.8) is 0 Å². The van der Waals surface area contributed by atoms with Crippen molar-refractivity contribution in [1.82, 2.24) is 10.1 Å². The predicted octanol–water partition coefficient (Wildman–Crippen LogP) is 2.91. The molecule has 1 aromatic heterocycles. The molecule has 2 rings (SSSR count). The average Bonchev–Trinajstić information content (AvgIpc) is 2.91. The van der Waals surface area contributed by atoms with Crippen LogP contribution in [0.2, 0.25) is 0 Å². The second kappa shape index (κ2) is 6.05. The van der Waals surface area contributed by atoms with E-state index in [1.165, 1.54) is 5.56 Å². The van der Waals surface area contributed by atoms with E-state index in [1.807, 2.05) is 13.8 Å². The smallest absolute Gasteiger partial charge is 0.228 e. The summed E-state index contributed by atoms with van der Waals surface area (Å²) in [5.41, 5.74) is 1.82. The maximum Gasteiger partial charge on any atom is 0.228 e. The Kier molecular flexibility index (Phi) is 4.39. The summed E-state index contributed by atoms with van der Waals surface area (Å²) in [6, 6.07) is 8.27. The summed E-state index contributed by atoms with van der Waals surface area (Å²) in [4.78, 5) is 4.36. The molecule has 1 heterocycles. The molecule has 0 radical (unpaired) electrons. The summed E-state index contributed by atoms with van der Waals surface area (Å²) >= 11 is 0. The van der Waals surface area contributed by atoms with Gasteiger partial charge in [-0.25, -0.2) is 0 Å². The Labute approximate surface area is 119 Å². The van der Waals surface area contributed by atoms with Crippen molar-refractivity contribution in [3.05, 3.63) is 41.5 Å². The van der Waals surface area contributed by atoms with E-state index in [0.717, 1.165) is 12.2 Å². The fourth-order valence-electron chi connectivity index (χ4n) is 1.68. The predicted molar refractivity (Wildman–Crippen MR) is 77.7 cm³/mol. The Morgan fingerprint density at radius 3 is 2.60 bits per heavy atom. The number of nitrogens with one attached hydrogen (secondary N) is 1. The van der Waals surface area contributed by atoms with E-state index in [1.54, 1.807) is 7.11 Å². The average molecular weight is 275 g/mol. The van der Waals surface area contributed by atoms with Crippen molar-refractivity contribution in [1.29, 1.82) is 0 Å². The van der Waals surface area contributed by atoms with Gasteiger partial charge in [0.15, 0.2) is 0 Å². The minimum absolute atomic E-state index is 0.522. The minimum atomic E-state index is -0.522. The molecule has 20 heavy (non-hydrogen) atoms. The topological polar surface area (TPSA) is 60.2 Å². The van der Waals surface area contributed by atoms with Crippen molar-refractivity contribution in [2.75, 3.05) is 19.0 Å². The highest BCUT2D eigenvalue weighted by molar-refractivity contribution is 5.44. The molecule has 0 bridgehead atoms. The summed E-state index contributed by atoms with van der Waals surface area (Å²) in [5, 5.41) is 7.28. The molecule has 0 aliphatic rings. The van der Waals surface area contributed by atoms with E-state index >= 15 is 0 Å². The van der Waals surface area contributed by atoms with Crippen molar-refractivity contribution in [2.45, 2.75) is 32.8 Å². The Balaban J connectivity index is 1.87. The van der Waals surface area contributed by atoms with Crippen molar-refractivity contribution < 1.29 is 9.26 Å². The number of ether oxygens (including phenoxy) is 1. The quantitative estimate of drug-likeness (QED) is 0.878. The van der Waals surface area contributed by atoms with E-state index in [-0.39, 0.29) is 0 Å². The fraction of sp³-hybridized carbons (Fsp3) is 0.467. The molecular weight excluding hydrogens is 254 g/mol. The SMILES string of the molecule is COC(C)(C)c1noc(CCNc2ccc(C)cc2)n1. The van der Waals surface area contributed by atoms with E-state index in [2.05, 4.69) is 46.6 Å². The van der Waals surface area contributed by atoms with E-state index in [4.69, 9.17) is 9.26 Å². The molecule has 0 saturated heterocycles. The first kappa shape index (κ1) is 14.5. The molecular formula is C15H21N3O2. The molecule has 0 spiro atoms. The lowest BCUT2D eigenvalue weighted by atomic mass is 10.1. The van der Waals surface area contributed by atoms with Gasteiger partial charge in [0.05, 0.1) is 0 Å². The van der Waals surface area contributed by atoms with Gasteiger partial charge < -0.3 is 14.6 Å². The van der Waals surface area contributed by atoms with Crippen LogP contribution < -0.4 is 5.32 Å². The van der Waals surface area contributed by atoms with Crippen LogP contribution in [0.3, 0.4) is 0 Å². The first-order chi connectivity index (χ1) is 9.51. The summed E-state index contributed by atoms with van der Waals surface area (Å²) in [7, 11) is 1.63. The number of aromatic nitrogens is 2. The molecule has 0 amide bonds. The van der Waals surface area contributed by atoms with Crippen molar-refractivity contribution in [2.24, 2.45) is 0 Å². The maximum absolute atomic E-state index is 5.32. The van der Waals surface area contributed by atoms with Gasteiger partial charge in [0, 0.05) is 25.8 Å². The lowest BCUT2D eigenvalue weighted by molar-refractivity contribution is 0.00973. The number of methoxy groups -OCH3 is 1. The zero-order valence-electron chi connectivity index (χ0n) is 12.4. The highest BCUT2D eigenvalue weighted by Crippen LogP contribution is 2.20. The zero-order chi connectivity index (χ0) is 14.6. The molecule has 5 nitrogen and oxygen atoms in total. The van der Waals surface area contributed by atoms with Crippen LogP contribution in [0.4, 0.5) is 5.69 Å². The molecule has 2 aromatic rings. The molecule has 0 fully saturated rings. The Hall–Kier alpha value is -1.88. The van der Waals surface area contributed by atoms with E-state index in [0.29, 0.717) is 18.1 Å². The molecule has 0 saturated carbocycles. The summed E-state index contributed by atoms with van der Waals surface area (Å²) in [6.07, 6.45) is 0.681. The second-order valence-electron chi connectivity index (χ2n) is 5.27. The third kappa shape index (κ3) is 3.57. The van der Waals surface area contributed by atoms with Crippen molar-refractivity contribution in [3.8, 4) is 0 Å². The Morgan fingerprint density at radius 1 is 1.25 bits per heavy atom. The maximum atomic E-state index is 5.32. The summed E-state index contributed by atoms with van der Waals surface area (Å²) < 4.78 is 10.6. The highest BCUT2D eigenvalue weighted by Gasteiger charge is 2.25. The normalized spacial score (nSPS) is 11.6. The van der Waals surface area contributed by atoms with E-state index in [9.17, 15) is 0 Å². The minimum Gasteiger partial charge on any atom is -0.385 e. The molecule has 0 aliphatic heterocycles. The fourth-order valence-corrected chi connectivity index (χ4v) is 1.68. The number of hydrogen-bond donors (Lipinski definition) is 1. The van der Waals surface area contributed by atoms with Gasteiger partial charge >= 0.3 is 0 Å². The molecule has 0 atom stereocenters. The highest BCUT2D eigenvalue weighted by atomic mass is 16.5. The zero-order valence-corrected chi connectivity index (χ0v) is 12.4. The number of anilines is 1. The molecule has 5 heteroatoms. The number of rotatable bonds is 6. The van der Waals surface area contributed by atoms with Crippen LogP contribution >= 0.6 is 0 Å². The summed E-state index contributed by atoms with van der Waals surface area (Å²) in [6.45, 7) is 6.64. The molecule has 108 valence electrons. The van der Waals surface area contributed by atoms with Crippen LogP contribution in [0.1, 0.15) is 31.1 Å². The summed E-state index contributed by atoms with van der Waals surface area (Å²) in [5.74, 6) is 1.19.